The van der Waals surface area contributed by atoms with E-state index in [1.165, 1.54) is 34.7 Å². The molecule has 2 nitrogen and oxygen atoms in total. The topological polar surface area (TPSA) is 38.0 Å². The molecule has 0 radical (unpaired) electrons. The van der Waals surface area contributed by atoms with Crippen LogP contribution in [0.2, 0.25) is 0 Å². The molecule has 1 unspecified atom stereocenters. The fourth-order valence-corrected chi connectivity index (χ4v) is 3.17. The molecule has 0 saturated carbocycles. The zero-order valence-electron chi connectivity index (χ0n) is 10.5. The minimum Gasteiger partial charge on any atom is -0.385 e. The Kier molecular flexibility index (Phi) is 4.75. The summed E-state index contributed by atoms with van der Waals surface area (Å²) in [5.74, 6) is 1.92. The first-order chi connectivity index (χ1) is 8.29. The van der Waals surface area contributed by atoms with Gasteiger partial charge in [0.2, 0.25) is 0 Å². The fourth-order valence-electron chi connectivity index (χ4n) is 2.15. The predicted molar refractivity (Wildman–Crippen MR) is 76.8 cm³/mol. The van der Waals surface area contributed by atoms with Gasteiger partial charge in [0.25, 0.3) is 0 Å². The number of thioether (sulfide) groups is 1. The van der Waals surface area contributed by atoms with E-state index in [0.29, 0.717) is 5.92 Å². The lowest BCUT2D eigenvalue weighted by molar-refractivity contribution is 0.568. The van der Waals surface area contributed by atoms with Gasteiger partial charge in [-0.2, -0.15) is 0 Å². The van der Waals surface area contributed by atoms with E-state index in [4.69, 9.17) is 5.73 Å². The number of anilines is 1. The summed E-state index contributed by atoms with van der Waals surface area (Å²) in [6, 6.07) is 6.78. The third-order valence-corrected chi connectivity index (χ3v) is 4.42. The molecule has 1 aromatic rings. The number of benzene rings is 1. The highest BCUT2D eigenvalue weighted by molar-refractivity contribution is 7.99. The summed E-state index contributed by atoms with van der Waals surface area (Å²) in [6.45, 7) is 4.04. The van der Waals surface area contributed by atoms with Gasteiger partial charge >= 0.3 is 0 Å². The standard InChI is InChI=1S/C14H22N2S/c1-11(6-7-15)10-16-13-4-5-14-12(9-13)3-2-8-17-14/h4-5,9,11,16H,2-3,6-8,10,15H2,1H3. The van der Waals surface area contributed by atoms with Crippen molar-refractivity contribution in [2.45, 2.75) is 31.1 Å². The Balaban J connectivity index is 1.93. The summed E-state index contributed by atoms with van der Waals surface area (Å²) in [6.07, 6.45) is 3.63. The molecule has 3 N–H and O–H groups in total. The zero-order chi connectivity index (χ0) is 12.1. The van der Waals surface area contributed by atoms with Crippen LogP contribution in [0.4, 0.5) is 5.69 Å². The average molecular weight is 250 g/mol. The quantitative estimate of drug-likeness (QED) is 0.843. The Bertz CT molecular complexity index is 365. The van der Waals surface area contributed by atoms with Crippen molar-refractivity contribution in [3.63, 3.8) is 0 Å². The van der Waals surface area contributed by atoms with Crippen LogP contribution in [0, 0.1) is 5.92 Å². The van der Waals surface area contributed by atoms with Gasteiger partial charge < -0.3 is 11.1 Å². The second-order valence-corrected chi connectivity index (χ2v) is 5.97. The maximum Gasteiger partial charge on any atom is 0.0343 e. The highest BCUT2D eigenvalue weighted by atomic mass is 32.2. The van der Waals surface area contributed by atoms with Crippen molar-refractivity contribution in [3.8, 4) is 0 Å². The molecule has 0 spiro atoms. The molecule has 1 aliphatic heterocycles. The Morgan fingerprint density at radius 1 is 1.47 bits per heavy atom. The molecule has 0 amide bonds. The van der Waals surface area contributed by atoms with Gasteiger partial charge in [-0.05, 0) is 61.2 Å². The number of aryl methyl sites for hydroxylation is 1. The number of fused-ring (bicyclic) bond motifs is 1. The van der Waals surface area contributed by atoms with Crippen molar-refractivity contribution in [2.75, 3.05) is 24.2 Å². The Hall–Kier alpha value is -0.670. The summed E-state index contributed by atoms with van der Waals surface area (Å²) >= 11 is 1.99. The highest BCUT2D eigenvalue weighted by Crippen LogP contribution is 2.31. The van der Waals surface area contributed by atoms with E-state index in [1.807, 2.05) is 11.8 Å². The molecule has 0 aromatic heterocycles. The predicted octanol–water partition coefficient (Wildman–Crippen LogP) is 3.12. The number of hydrogen-bond donors (Lipinski definition) is 2. The van der Waals surface area contributed by atoms with Crippen LogP contribution < -0.4 is 11.1 Å². The van der Waals surface area contributed by atoms with Crippen molar-refractivity contribution in [1.29, 1.82) is 0 Å². The number of nitrogens with one attached hydrogen (secondary N) is 1. The largest absolute Gasteiger partial charge is 0.385 e. The summed E-state index contributed by atoms with van der Waals surface area (Å²) in [5.41, 5.74) is 8.33. The van der Waals surface area contributed by atoms with Crippen LogP contribution >= 0.6 is 11.8 Å². The van der Waals surface area contributed by atoms with E-state index in [0.717, 1.165) is 19.5 Å². The average Bonchev–Trinajstić information content (AvgIpc) is 2.36. The molecule has 2 rings (SSSR count). The van der Waals surface area contributed by atoms with Crippen LogP contribution in [0.15, 0.2) is 23.1 Å². The third kappa shape index (κ3) is 3.65. The molecule has 0 bridgehead atoms. The molecule has 0 aliphatic carbocycles. The van der Waals surface area contributed by atoms with E-state index in [2.05, 4.69) is 30.4 Å². The molecule has 1 aromatic carbocycles. The lowest BCUT2D eigenvalue weighted by atomic mass is 10.1. The van der Waals surface area contributed by atoms with E-state index >= 15 is 0 Å². The van der Waals surface area contributed by atoms with Crippen LogP contribution in [0.3, 0.4) is 0 Å². The first-order valence-electron chi connectivity index (χ1n) is 6.49. The van der Waals surface area contributed by atoms with Gasteiger partial charge in [0.05, 0.1) is 0 Å². The lowest BCUT2D eigenvalue weighted by Crippen LogP contribution is -2.15. The first-order valence-corrected chi connectivity index (χ1v) is 7.48. The van der Waals surface area contributed by atoms with E-state index < -0.39 is 0 Å². The van der Waals surface area contributed by atoms with Crippen molar-refractivity contribution in [2.24, 2.45) is 11.7 Å². The fraction of sp³-hybridized carbons (Fsp3) is 0.571. The minimum absolute atomic E-state index is 0.644. The van der Waals surface area contributed by atoms with Crippen LogP contribution in [-0.2, 0) is 6.42 Å². The van der Waals surface area contributed by atoms with Gasteiger partial charge in [-0.3, -0.25) is 0 Å². The first kappa shape index (κ1) is 12.8. The Labute approximate surface area is 108 Å². The number of nitrogens with two attached hydrogens (primary N) is 1. The molecule has 0 saturated heterocycles. The second kappa shape index (κ2) is 6.31. The normalized spacial score (nSPS) is 16.4. The van der Waals surface area contributed by atoms with Gasteiger partial charge in [0.15, 0.2) is 0 Å². The van der Waals surface area contributed by atoms with Gasteiger partial charge in [-0.25, -0.2) is 0 Å². The molecule has 3 heteroatoms. The second-order valence-electron chi connectivity index (χ2n) is 4.84. The monoisotopic (exact) mass is 250 g/mol. The van der Waals surface area contributed by atoms with Crippen LogP contribution in [0.5, 0.6) is 0 Å². The Morgan fingerprint density at radius 2 is 2.35 bits per heavy atom. The molecule has 1 heterocycles. The third-order valence-electron chi connectivity index (χ3n) is 3.22. The van der Waals surface area contributed by atoms with Gasteiger partial charge in [0, 0.05) is 17.1 Å². The number of hydrogen-bond acceptors (Lipinski definition) is 3. The van der Waals surface area contributed by atoms with Crippen LogP contribution in [-0.4, -0.2) is 18.8 Å². The summed E-state index contributed by atoms with van der Waals surface area (Å²) in [7, 11) is 0. The summed E-state index contributed by atoms with van der Waals surface area (Å²) in [4.78, 5) is 1.47. The molecular formula is C14H22N2S. The maximum absolute atomic E-state index is 5.56. The van der Waals surface area contributed by atoms with Gasteiger partial charge in [0.1, 0.15) is 0 Å². The van der Waals surface area contributed by atoms with Crippen molar-refractivity contribution in [3.05, 3.63) is 23.8 Å². The Morgan fingerprint density at radius 3 is 3.18 bits per heavy atom. The SMILES string of the molecule is CC(CCN)CNc1ccc2c(c1)CCCS2. The van der Waals surface area contributed by atoms with E-state index in [1.54, 1.807) is 0 Å². The smallest absolute Gasteiger partial charge is 0.0343 e. The maximum atomic E-state index is 5.56. The lowest BCUT2D eigenvalue weighted by Gasteiger charge is -2.18. The van der Waals surface area contributed by atoms with E-state index in [-0.39, 0.29) is 0 Å². The van der Waals surface area contributed by atoms with Gasteiger partial charge in [-0.15, -0.1) is 11.8 Å². The molecule has 94 valence electrons. The molecule has 1 aliphatic rings. The van der Waals surface area contributed by atoms with Crippen molar-refractivity contribution < 1.29 is 0 Å². The highest BCUT2D eigenvalue weighted by Gasteiger charge is 2.10. The van der Waals surface area contributed by atoms with Gasteiger partial charge in [-0.1, -0.05) is 6.92 Å². The summed E-state index contributed by atoms with van der Waals surface area (Å²) < 4.78 is 0. The van der Waals surface area contributed by atoms with Crippen molar-refractivity contribution >= 4 is 17.4 Å². The van der Waals surface area contributed by atoms with Crippen LogP contribution in [0.1, 0.15) is 25.3 Å². The van der Waals surface area contributed by atoms with Crippen molar-refractivity contribution in [1.82, 2.24) is 0 Å². The molecule has 1 atom stereocenters. The summed E-state index contributed by atoms with van der Waals surface area (Å²) in [5, 5.41) is 3.51. The van der Waals surface area contributed by atoms with E-state index in [9.17, 15) is 0 Å². The van der Waals surface area contributed by atoms with Crippen LogP contribution in [0.25, 0.3) is 0 Å². The number of rotatable bonds is 5. The molecule has 0 fully saturated rings. The molecular weight excluding hydrogens is 228 g/mol. The minimum atomic E-state index is 0.644. The molecule has 17 heavy (non-hydrogen) atoms. The zero-order valence-corrected chi connectivity index (χ0v) is 11.4.